The Morgan fingerprint density at radius 3 is 1.91 bits per heavy atom. The number of aromatic nitrogens is 4. The Morgan fingerprint density at radius 2 is 1.17 bits per heavy atom. The lowest BCUT2D eigenvalue weighted by molar-refractivity contribution is -0.571. The fourth-order valence-electron chi connectivity index (χ4n) is 9.56. The monoisotopic (exact) mass is 898 g/mol. The van der Waals surface area contributed by atoms with Crippen LogP contribution in [-0.4, -0.2) is 14.1 Å². The summed E-state index contributed by atoms with van der Waals surface area (Å²) >= 11 is 0. The molecule has 0 unspecified atom stereocenters. The molecule has 0 saturated carbocycles. The molecule has 0 spiro atoms. The van der Waals surface area contributed by atoms with Crippen molar-refractivity contribution in [3.63, 3.8) is 0 Å². The lowest BCUT2D eigenvalue weighted by atomic mass is 9.78. The number of para-hydroxylation sites is 4. The Kier molecular flexibility index (Phi) is 8.09. The van der Waals surface area contributed by atoms with Gasteiger partial charge in [-0.05, 0) is 93.2 Å². The van der Waals surface area contributed by atoms with Crippen molar-refractivity contribution in [2.24, 2.45) is 0 Å². The smallest absolute Gasteiger partial charge is 0.269 e. The first-order valence-corrected chi connectivity index (χ1v) is 22.8. The molecule has 0 aliphatic rings. The number of pyridine rings is 1. The Balaban J connectivity index is 0.987. The summed E-state index contributed by atoms with van der Waals surface area (Å²) in [6.07, 6.45) is 6.21. The fourth-order valence-corrected chi connectivity index (χ4v) is 9.56. The number of benzene rings is 9. The Hall–Kier alpha value is -8.80. The molecule has 9 aromatic carbocycles. The van der Waals surface area contributed by atoms with E-state index in [4.69, 9.17) is 23.4 Å². The van der Waals surface area contributed by atoms with E-state index in [9.17, 15) is 0 Å². The van der Waals surface area contributed by atoms with Crippen LogP contribution >= 0.6 is 0 Å². The summed E-state index contributed by atoms with van der Waals surface area (Å²) in [7, 11) is 0. The standard InChI is InChI=1S/C64H48N4O/c1-64(2,49-27-13-6-14-28-49)42-48-39-62(65-43-57(48)47-25-11-5-12-26-47)68-58-34-16-15-31-55(58)56-38-37-52(41-61(56)68)69-51-30-19-29-50(40-51)66-44-67(60-36-18-17-35-59(60)66)63-53(45-21-7-3-8-22-45)32-20-33-54(63)46-23-9-4-10-24-46/h3-41,43H,42H2,1-2H3/i3D,4D,7D,8D,9D,10D,21D,22D,23D,24D. The summed E-state index contributed by atoms with van der Waals surface area (Å²) < 4.78 is 99.8. The number of rotatable bonds is 11. The molecule has 0 radical (unpaired) electrons. The Labute approximate surface area is 416 Å². The van der Waals surface area contributed by atoms with Crippen molar-refractivity contribution >= 4 is 32.8 Å². The first-order chi connectivity index (χ1) is 38.1. The molecule has 0 fully saturated rings. The maximum atomic E-state index is 9.06. The van der Waals surface area contributed by atoms with Crippen LogP contribution < -0.4 is 9.30 Å². The second-order valence-electron chi connectivity index (χ2n) is 17.6. The number of hydrogen-bond donors (Lipinski definition) is 0. The Bertz CT molecular complexity index is 4280. The summed E-state index contributed by atoms with van der Waals surface area (Å²) in [4.78, 5) is 5.18. The van der Waals surface area contributed by atoms with Crippen LogP contribution in [0.1, 0.15) is 38.7 Å². The van der Waals surface area contributed by atoms with Gasteiger partial charge in [-0.2, -0.15) is 0 Å². The fraction of sp³-hybridized carbons (Fsp3) is 0.0625. The molecule has 0 aliphatic carbocycles. The molecule has 5 heteroatoms. The molecule has 0 amide bonds. The van der Waals surface area contributed by atoms with E-state index in [0.717, 1.165) is 45.2 Å². The van der Waals surface area contributed by atoms with Crippen LogP contribution in [0.5, 0.6) is 11.5 Å². The topological polar surface area (TPSA) is 35.9 Å². The van der Waals surface area contributed by atoms with Crippen molar-refractivity contribution < 1.29 is 23.0 Å². The van der Waals surface area contributed by atoms with Crippen molar-refractivity contribution in [3.8, 4) is 62.1 Å². The van der Waals surface area contributed by atoms with E-state index < -0.39 is 60.4 Å². The molecule has 3 heterocycles. The molecular formula is C64H48N4O. The molecular weight excluding hydrogens is 841 g/mol. The molecule has 12 rings (SSSR count). The second kappa shape index (κ2) is 17.4. The van der Waals surface area contributed by atoms with Crippen LogP contribution in [0, 0.1) is 6.33 Å². The first-order valence-electron chi connectivity index (χ1n) is 27.8. The van der Waals surface area contributed by atoms with Gasteiger partial charge in [0.15, 0.2) is 0 Å². The highest BCUT2D eigenvalue weighted by atomic mass is 16.5. The number of nitrogens with zero attached hydrogens (tertiary/aromatic N) is 4. The lowest BCUT2D eigenvalue weighted by Gasteiger charge is -2.27. The van der Waals surface area contributed by atoms with Crippen LogP contribution in [0.2, 0.25) is 0 Å². The zero-order valence-electron chi connectivity index (χ0n) is 47.7. The van der Waals surface area contributed by atoms with Gasteiger partial charge in [0, 0.05) is 28.6 Å². The van der Waals surface area contributed by atoms with Crippen molar-refractivity contribution in [2.45, 2.75) is 25.7 Å². The van der Waals surface area contributed by atoms with E-state index in [1.54, 1.807) is 27.3 Å². The van der Waals surface area contributed by atoms with Crippen molar-refractivity contribution in [2.75, 3.05) is 0 Å². The molecule has 0 aliphatic heterocycles. The quantitative estimate of drug-likeness (QED) is 0.0958. The zero-order chi connectivity index (χ0) is 55.0. The minimum atomic E-state index is -0.568. The van der Waals surface area contributed by atoms with E-state index in [1.807, 2.05) is 91.1 Å². The van der Waals surface area contributed by atoms with Gasteiger partial charge in [-0.15, -0.1) is 0 Å². The number of imidazole rings is 1. The van der Waals surface area contributed by atoms with Crippen molar-refractivity contribution in [1.82, 2.24) is 14.1 Å². The molecule has 12 aromatic rings. The third kappa shape index (κ3) is 7.74. The van der Waals surface area contributed by atoms with Gasteiger partial charge in [0.05, 0.1) is 47.1 Å². The summed E-state index contributed by atoms with van der Waals surface area (Å²) in [6, 6.07) is 52.0. The van der Waals surface area contributed by atoms with Gasteiger partial charge in [0.25, 0.3) is 6.33 Å². The molecule has 69 heavy (non-hydrogen) atoms. The van der Waals surface area contributed by atoms with Crippen molar-refractivity contribution in [1.29, 1.82) is 0 Å². The van der Waals surface area contributed by atoms with Gasteiger partial charge in [-0.3, -0.25) is 13.7 Å². The molecule has 0 bridgehead atoms. The number of fused-ring (bicyclic) bond motifs is 4. The third-order valence-electron chi connectivity index (χ3n) is 12.8. The summed E-state index contributed by atoms with van der Waals surface area (Å²) in [5.74, 6) is 1.86. The summed E-state index contributed by atoms with van der Waals surface area (Å²) in [5, 5.41) is 2.10. The van der Waals surface area contributed by atoms with Gasteiger partial charge in [-0.25, -0.2) is 4.98 Å². The SMILES string of the molecule is [2H]c1c([2H])c([2H])c(-c2cccc(-c3c([2H])c([2H])c([2H])c([2H])c3[2H])c2-[n+]2[c-]n(-c3cccc(Oc4ccc5c6ccccc6n(-c6cc(CC(C)(C)c7ccccc7)c(-c7ccccc7)cn6)c5c4)c3)c3ccccc32)c([2H])c1[2H]. The average molecular weight is 899 g/mol. The predicted octanol–water partition coefficient (Wildman–Crippen LogP) is 15.5. The summed E-state index contributed by atoms with van der Waals surface area (Å²) in [6.45, 7) is 4.56. The largest absolute Gasteiger partial charge is 0.458 e. The van der Waals surface area contributed by atoms with E-state index >= 15 is 0 Å². The number of ether oxygens (including phenoxy) is 1. The summed E-state index contributed by atoms with van der Waals surface area (Å²) in [5.41, 5.74) is 8.34. The number of hydrogen-bond acceptors (Lipinski definition) is 2. The van der Waals surface area contributed by atoms with Crippen LogP contribution in [0.4, 0.5) is 0 Å². The highest BCUT2D eigenvalue weighted by molar-refractivity contribution is 6.09. The minimum Gasteiger partial charge on any atom is -0.458 e. The maximum absolute atomic E-state index is 9.06. The van der Waals surface area contributed by atoms with Gasteiger partial charge >= 0.3 is 0 Å². The Morgan fingerprint density at radius 1 is 0.551 bits per heavy atom. The molecule has 5 nitrogen and oxygen atoms in total. The molecule has 0 N–H and O–H groups in total. The van der Waals surface area contributed by atoms with E-state index in [0.29, 0.717) is 28.2 Å². The first kappa shape index (κ1) is 32.0. The van der Waals surface area contributed by atoms with E-state index in [-0.39, 0.29) is 33.4 Å². The highest BCUT2D eigenvalue weighted by Gasteiger charge is 2.25. The van der Waals surface area contributed by atoms with Crippen LogP contribution in [0.15, 0.2) is 243 Å². The highest BCUT2D eigenvalue weighted by Crippen LogP contribution is 2.39. The van der Waals surface area contributed by atoms with E-state index in [1.165, 1.54) is 11.1 Å². The molecule has 3 aromatic heterocycles. The van der Waals surface area contributed by atoms with Crippen molar-refractivity contribution in [3.05, 3.63) is 260 Å². The van der Waals surface area contributed by atoms with Gasteiger partial charge in [0.2, 0.25) is 0 Å². The lowest BCUT2D eigenvalue weighted by Crippen LogP contribution is -2.31. The average Bonchev–Trinajstić information content (AvgIpc) is 4.26. The minimum absolute atomic E-state index is 0.133. The molecule has 330 valence electrons. The molecule has 0 saturated heterocycles. The van der Waals surface area contributed by atoms with Gasteiger partial charge in [0.1, 0.15) is 17.3 Å². The van der Waals surface area contributed by atoms with Gasteiger partial charge < -0.3 is 4.74 Å². The van der Waals surface area contributed by atoms with Crippen LogP contribution in [0.25, 0.3) is 83.4 Å². The zero-order valence-corrected chi connectivity index (χ0v) is 37.7. The second-order valence-corrected chi connectivity index (χ2v) is 17.6. The maximum Gasteiger partial charge on any atom is 0.269 e. The normalized spacial score (nSPS) is 13.7. The van der Waals surface area contributed by atoms with Crippen LogP contribution in [-0.2, 0) is 11.8 Å². The predicted molar refractivity (Wildman–Crippen MR) is 282 cm³/mol. The van der Waals surface area contributed by atoms with Crippen LogP contribution in [0.3, 0.4) is 0 Å². The van der Waals surface area contributed by atoms with Gasteiger partial charge in [-0.1, -0.05) is 202 Å². The van der Waals surface area contributed by atoms with E-state index in [2.05, 4.69) is 97.5 Å². The third-order valence-corrected chi connectivity index (χ3v) is 12.8. The molecule has 0 atom stereocenters.